The number of benzene rings is 5. The number of amides is 3. The van der Waals surface area contributed by atoms with Gasteiger partial charge in [-0.25, -0.2) is 23.1 Å². The first-order valence-corrected chi connectivity index (χ1v) is 24.2. The summed E-state index contributed by atoms with van der Waals surface area (Å²) in [4.78, 5) is 53.6. The summed E-state index contributed by atoms with van der Waals surface area (Å²) >= 11 is 0. The third-order valence-corrected chi connectivity index (χ3v) is 14.0. The zero-order chi connectivity index (χ0) is 51.4. The number of carbonyl (C=O) groups is 3. The number of anilines is 3. The van der Waals surface area contributed by atoms with Crippen LogP contribution in [0.25, 0.3) is 55.7 Å². The lowest BCUT2D eigenvalue weighted by Crippen LogP contribution is -2.52. The molecule has 22 heteroatoms. The van der Waals surface area contributed by atoms with Crippen molar-refractivity contribution >= 4 is 81.4 Å². The average molecular weight is 1080 g/mol. The van der Waals surface area contributed by atoms with E-state index in [0.717, 1.165) is 39.5 Å². The largest absolute Gasteiger partial charge is 0.367 e. The van der Waals surface area contributed by atoms with Crippen LogP contribution in [0.4, 0.5) is 30.2 Å². The molecule has 0 bridgehead atoms. The van der Waals surface area contributed by atoms with Crippen LogP contribution >= 0.6 is 24.8 Å². The van der Waals surface area contributed by atoms with Crippen molar-refractivity contribution in [2.24, 2.45) is 0 Å². The molecule has 3 fully saturated rings. The van der Waals surface area contributed by atoms with E-state index in [1.165, 1.54) is 37.4 Å². The molecule has 396 valence electrons. The number of aromatic amines is 2. The number of halogens is 5. The highest BCUT2D eigenvalue weighted by Crippen LogP contribution is 2.33. The molecule has 11 rings (SSSR count). The maximum Gasteiger partial charge on any atom is 0.258 e. The molecule has 0 unspecified atom stereocenters. The van der Waals surface area contributed by atoms with Gasteiger partial charge in [0.05, 0.1) is 34.7 Å². The molecule has 0 radical (unpaired) electrons. The van der Waals surface area contributed by atoms with E-state index in [0.29, 0.717) is 91.9 Å². The smallest absolute Gasteiger partial charge is 0.258 e. The van der Waals surface area contributed by atoms with Gasteiger partial charge in [0.25, 0.3) is 11.8 Å². The molecule has 5 N–H and O–H groups in total. The van der Waals surface area contributed by atoms with Crippen LogP contribution in [0, 0.1) is 17.5 Å². The Balaban J connectivity index is 0.000000231. The van der Waals surface area contributed by atoms with Gasteiger partial charge in [0.2, 0.25) is 5.91 Å². The third-order valence-electron chi connectivity index (χ3n) is 14.0. The van der Waals surface area contributed by atoms with Crippen molar-refractivity contribution in [1.29, 1.82) is 0 Å². The van der Waals surface area contributed by atoms with Crippen molar-refractivity contribution in [3.63, 3.8) is 0 Å². The minimum absolute atomic E-state index is 0. The summed E-state index contributed by atoms with van der Waals surface area (Å²) in [5.74, 6) is -1.04. The number of hydrogen-bond donors (Lipinski definition) is 5. The van der Waals surface area contributed by atoms with Crippen LogP contribution in [-0.2, 0) is 23.9 Å². The van der Waals surface area contributed by atoms with Gasteiger partial charge < -0.3 is 35.2 Å². The maximum atomic E-state index is 15.1. The van der Waals surface area contributed by atoms with E-state index in [2.05, 4.69) is 46.3 Å². The molecule has 0 aliphatic carbocycles. The van der Waals surface area contributed by atoms with Gasteiger partial charge in [0.15, 0.2) is 17.0 Å². The Morgan fingerprint density at radius 1 is 0.645 bits per heavy atom. The van der Waals surface area contributed by atoms with Crippen LogP contribution in [0.15, 0.2) is 122 Å². The van der Waals surface area contributed by atoms with Crippen molar-refractivity contribution in [3.8, 4) is 33.9 Å². The van der Waals surface area contributed by atoms with Crippen molar-refractivity contribution < 1.29 is 37.0 Å². The minimum atomic E-state index is -1.13. The quantitative estimate of drug-likeness (QED) is 0.0795. The number of carbonyl (C=O) groups excluding carboxylic acids is 3. The number of fused-ring (bicyclic) bond motifs is 2. The normalized spacial score (nSPS) is 18.4. The molecule has 17 nitrogen and oxygen atoms in total. The molecule has 76 heavy (non-hydrogen) atoms. The van der Waals surface area contributed by atoms with Gasteiger partial charge in [-0.2, -0.15) is 10.2 Å². The highest BCUT2D eigenvalue weighted by Gasteiger charge is 2.46. The van der Waals surface area contributed by atoms with E-state index in [1.807, 2.05) is 40.1 Å². The van der Waals surface area contributed by atoms with Crippen molar-refractivity contribution in [2.45, 2.75) is 24.0 Å². The molecule has 3 aliphatic rings. The second-order valence-electron chi connectivity index (χ2n) is 18.5. The van der Waals surface area contributed by atoms with E-state index in [1.54, 1.807) is 72.9 Å². The van der Waals surface area contributed by atoms with Crippen molar-refractivity contribution in [3.05, 3.63) is 139 Å². The van der Waals surface area contributed by atoms with Gasteiger partial charge in [-0.1, -0.05) is 0 Å². The van der Waals surface area contributed by atoms with Gasteiger partial charge in [-0.05, 0) is 129 Å². The lowest BCUT2D eigenvalue weighted by atomic mass is 10.0. The highest BCUT2D eigenvalue weighted by atomic mass is 35.5. The molecule has 0 spiro atoms. The standard InChI is InChI=1S/C35H34F2N8O3.C19H19FN4O2.2ClH/c1-48-35(34(47)40-26-8-9-29-27(20-26)32(42-41-29)23-3-6-25(36)7-4-23)11-14-43(22-35)21-31(46)45-17-15-44(16-18-45)30-10-5-24(19-28(30)37)33-38-12-2-13-39-33;1-26-19(8-9-21-11-19)18(25)22-14-6-7-16-15(10-14)17(24-23-16)12-2-4-13(20)5-3-12;;/h2-10,12-13,19-20H,11,14-18,21-22H2,1H3,(H,40,47)(H,41,42);2-7,10,21H,8-9,11H2,1H3,(H,22,25)(H,23,24);2*1H/t35-;19-;;/m00../s1. The summed E-state index contributed by atoms with van der Waals surface area (Å²) in [6, 6.07) is 29.9. The van der Waals surface area contributed by atoms with Crippen LogP contribution in [0.5, 0.6) is 0 Å². The number of hydrogen-bond acceptors (Lipinski definition) is 12. The van der Waals surface area contributed by atoms with Crippen LogP contribution in [0.3, 0.4) is 0 Å². The lowest BCUT2D eigenvalue weighted by molar-refractivity contribution is -0.138. The molecular formula is C54H55Cl2F3N12O5. The number of likely N-dealkylation sites (tertiary alicyclic amines) is 1. The van der Waals surface area contributed by atoms with Crippen LogP contribution < -0.4 is 20.9 Å². The fourth-order valence-electron chi connectivity index (χ4n) is 9.74. The monoisotopic (exact) mass is 1080 g/mol. The topological polar surface area (TPSA) is 199 Å². The van der Waals surface area contributed by atoms with E-state index in [9.17, 15) is 23.2 Å². The second kappa shape index (κ2) is 23.6. The molecule has 3 saturated heterocycles. The molecular weight excluding hydrogens is 1020 g/mol. The zero-order valence-corrected chi connectivity index (χ0v) is 43.1. The number of nitrogens with zero attached hydrogens (tertiary/aromatic N) is 7. The SMILES string of the molecule is CO[C@@]1(C(=O)Nc2ccc3[nH]nc(-c4ccc(F)cc4)c3c2)CCN(CC(=O)N2CCN(c3ccc(-c4ncccn4)cc3F)CC2)C1.CO[C@@]1(C(=O)Nc2ccc3[nH]nc(-c4ccc(F)cc4)c3c2)CCNC1.Cl.Cl. The average Bonchev–Trinajstić information content (AvgIpc) is 4.27. The third kappa shape index (κ3) is 11.5. The Kier molecular flexibility index (Phi) is 17.0. The number of methoxy groups -OCH3 is 2. The maximum absolute atomic E-state index is 15.1. The number of aromatic nitrogens is 6. The fraction of sp³-hybridized carbons (Fsp3) is 0.278. The van der Waals surface area contributed by atoms with Crippen LogP contribution in [-0.4, -0.2) is 142 Å². The predicted octanol–water partition coefficient (Wildman–Crippen LogP) is 7.87. The Hall–Kier alpha value is -7.46. The molecule has 0 saturated carbocycles. The summed E-state index contributed by atoms with van der Waals surface area (Å²) in [6.07, 6.45) is 4.29. The zero-order valence-electron chi connectivity index (χ0n) is 41.4. The Labute approximate surface area is 447 Å². The fourth-order valence-corrected chi connectivity index (χ4v) is 9.74. The van der Waals surface area contributed by atoms with E-state index in [-0.39, 0.29) is 73.1 Å². The van der Waals surface area contributed by atoms with Gasteiger partial charge in [-0.3, -0.25) is 29.5 Å². The number of piperazine rings is 1. The van der Waals surface area contributed by atoms with E-state index >= 15 is 4.39 Å². The number of ether oxygens (including phenoxy) is 2. The molecule has 6 heterocycles. The molecule has 8 aromatic rings. The van der Waals surface area contributed by atoms with Crippen molar-refractivity contribution in [1.82, 2.24) is 45.5 Å². The number of nitrogens with one attached hydrogen (secondary N) is 5. The van der Waals surface area contributed by atoms with Crippen LogP contribution in [0.2, 0.25) is 0 Å². The Morgan fingerprint density at radius 3 is 1.70 bits per heavy atom. The highest BCUT2D eigenvalue weighted by molar-refractivity contribution is 6.03. The second-order valence-corrected chi connectivity index (χ2v) is 18.5. The van der Waals surface area contributed by atoms with Crippen molar-refractivity contribution in [2.75, 3.05) is 88.7 Å². The van der Waals surface area contributed by atoms with Crippen LogP contribution in [0.1, 0.15) is 12.8 Å². The summed E-state index contributed by atoms with van der Waals surface area (Å²) in [7, 11) is 3.06. The Morgan fingerprint density at radius 2 is 1.18 bits per heavy atom. The van der Waals surface area contributed by atoms with Gasteiger partial charge in [-0.15, -0.1) is 24.8 Å². The summed E-state index contributed by atoms with van der Waals surface area (Å²) in [5, 5.41) is 25.4. The Bertz CT molecular complexity index is 3320. The first kappa shape index (κ1) is 54.8. The van der Waals surface area contributed by atoms with E-state index < -0.39 is 11.2 Å². The summed E-state index contributed by atoms with van der Waals surface area (Å²) < 4.78 is 53.0. The molecule has 3 aromatic heterocycles. The van der Waals surface area contributed by atoms with E-state index in [4.69, 9.17) is 9.47 Å². The molecule has 5 aromatic carbocycles. The molecule has 3 amide bonds. The lowest BCUT2D eigenvalue weighted by Gasteiger charge is -2.37. The van der Waals surface area contributed by atoms with Gasteiger partial charge >= 0.3 is 0 Å². The molecule has 2 atom stereocenters. The summed E-state index contributed by atoms with van der Waals surface area (Å²) in [5.41, 5.74) is 4.87. The first-order chi connectivity index (χ1) is 35.9. The predicted molar refractivity (Wildman–Crippen MR) is 289 cm³/mol. The first-order valence-electron chi connectivity index (χ1n) is 24.2. The summed E-state index contributed by atoms with van der Waals surface area (Å²) in [6.45, 7) is 4.09. The number of rotatable bonds is 12. The number of H-pyrrole nitrogens is 2. The van der Waals surface area contributed by atoms with Gasteiger partial charge in [0.1, 0.15) is 17.5 Å². The molecule has 3 aliphatic heterocycles. The minimum Gasteiger partial charge on any atom is -0.367 e. The van der Waals surface area contributed by atoms with Gasteiger partial charge in [0, 0.05) is 111 Å².